The first kappa shape index (κ1) is 21.9. The molecule has 1 saturated heterocycles. The molecular weight excluding hydrogens is 439 g/mol. The Kier molecular flexibility index (Phi) is 5.91. The third kappa shape index (κ3) is 4.47. The van der Waals surface area contributed by atoms with Crippen molar-refractivity contribution >= 4 is 22.0 Å². The second kappa shape index (κ2) is 8.65. The van der Waals surface area contributed by atoms with Crippen LogP contribution < -0.4 is 9.62 Å². The molecule has 3 heterocycles. The van der Waals surface area contributed by atoms with Gasteiger partial charge in [0.25, 0.3) is 10.2 Å². The third-order valence-electron chi connectivity index (χ3n) is 4.88. The maximum absolute atomic E-state index is 14.9. The molecule has 0 aliphatic carbocycles. The highest BCUT2D eigenvalue weighted by Gasteiger charge is 2.33. The Labute approximate surface area is 184 Å². The smallest absolute Gasteiger partial charge is 0.414 e. The van der Waals surface area contributed by atoms with Gasteiger partial charge in [-0.25, -0.2) is 13.9 Å². The van der Waals surface area contributed by atoms with Crippen molar-refractivity contribution in [3.8, 4) is 16.9 Å². The van der Waals surface area contributed by atoms with E-state index in [1.54, 1.807) is 30.7 Å². The van der Waals surface area contributed by atoms with Crippen molar-refractivity contribution in [1.82, 2.24) is 23.8 Å². The zero-order valence-corrected chi connectivity index (χ0v) is 18.2. The largest absolute Gasteiger partial charge is 0.443 e. The third-order valence-corrected chi connectivity index (χ3v) is 6.37. The summed E-state index contributed by atoms with van der Waals surface area (Å²) in [5.74, 6) is -0.581. The minimum Gasteiger partial charge on any atom is -0.443 e. The van der Waals surface area contributed by atoms with E-state index in [-0.39, 0.29) is 18.8 Å². The van der Waals surface area contributed by atoms with Gasteiger partial charge in [0.2, 0.25) is 0 Å². The number of nitrogens with one attached hydrogen (secondary N) is 1. The lowest BCUT2D eigenvalue weighted by atomic mass is 10.2. The predicted octanol–water partition coefficient (Wildman–Crippen LogP) is 1.79. The van der Waals surface area contributed by atoms with E-state index < -0.39 is 28.2 Å². The SMILES string of the molecule is CN(C)S(=O)(=O)NC[C@H]1CN(c2ccc(-n3cc(-c4ccccn4)cn3)c(F)c2)C(=O)O1. The lowest BCUT2D eigenvalue weighted by Crippen LogP contribution is -2.40. The predicted molar refractivity (Wildman–Crippen MR) is 115 cm³/mol. The van der Waals surface area contributed by atoms with Crippen LogP contribution in [0.4, 0.5) is 14.9 Å². The molecule has 3 aromatic rings. The van der Waals surface area contributed by atoms with Crippen molar-refractivity contribution in [2.75, 3.05) is 32.1 Å². The fraction of sp³-hybridized carbons (Fsp3) is 0.250. The number of nitrogens with zero attached hydrogens (tertiary/aromatic N) is 5. The number of benzene rings is 1. The van der Waals surface area contributed by atoms with Gasteiger partial charge in [0.15, 0.2) is 5.82 Å². The summed E-state index contributed by atoms with van der Waals surface area (Å²) in [6, 6.07) is 9.78. The molecule has 2 aromatic heterocycles. The Morgan fingerprint density at radius 1 is 1.28 bits per heavy atom. The summed E-state index contributed by atoms with van der Waals surface area (Å²) < 4.78 is 48.5. The Hall–Kier alpha value is -3.35. The van der Waals surface area contributed by atoms with Crippen LogP contribution in [0.5, 0.6) is 0 Å². The molecule has 168 valence electrons. The molecule has 1 N–H and O–H groups in total. The first-order valence-corrected chi connectivity index (χ1v) is 11.1. The maximum Gasteiger partial charge on any atom is 0.414 e. The number of hydrogen-bond acceptors (Lipinski definition) is 6. The highest BCUT2D eigenvalue weighted by atomic mass is 32.2. The van der Waals surface area contributed by atoms with Crippen LogP contribution in [0.25, 0.3) is 16.9 Å². The van der Waals surface area contributed by atoms with E-state index in [0.29, 0.717) is 11.4 Å². The monoisotopic (exact) mass is 460 g/mol. The molecule has 1 aromatic carbocycles. The van der Waals surface area contributed by atoms with Crippen molar-refractivity contribution in [2.24, 2.45) is 0 Å². The lowest BCUT2D eigenvalue weighted by Gasteiger charge is -2.15. The van der Waals surface area contributed by atoms with Crippen LogP contribution in [0.1, 0.15) is 0 Å². The van der Waals surface area contributed by atoms with Gasteiger partial charge in [-0.05, 0) is 30.3 Å². The van der Waals surface area contributed by atoms with Crippen molar-refractivity contribution < 1.29 is 22.3 Å². The number of ether oxygens (including phenoxy) is 1. The van der Waals surface area contributed by atoms with Crippen LogP contribution in [-0.4, -0.2) is 66.9 Å². The molecule has 0 spiro atoms. The van der Waals surface area contributed by atoms with Gasteiger partial charge in [0, 0.05) is 32.1 Å². The van der Waals surface area contributed by atoms with Gasteiger partial charge in [-0.15, -0.1) is 0 Å². The number of carbonyl (C=O) groups is 1. The molecule has 0 saturated carbocycles. The van der Waals surface area contributed by atoms with Crippen molar-refractivity contribution in [3.63, 3.8) is 0 Å². The number of anilines is 1. The van der Waals surface area contributed by atoms with Crippen LogP contribution >= 0.6 is 0 Å². The van der Waals surface area contributed by atoms with E-state index in [4.69, 9.17) is 4.74 Å². The molecule has 1 fully saturated rings. The summed E-state index contributed by atoms with van der Waals surface area (Å²) >= 11 is 0. The van der Waals surface area contributed by atoms with E-state index in [9.17, 15) is 17.6 Å². The van der Waals surface area contributed by atoms with Crippen LogP contribution in [-0.2, 0) is 14.9 Å². The Morgan fingerprint density at radius 2 is 2.09 bits per heavy atom. The van der Waals surface area contributed by atoms with Gasteiger partial charge in [-0.2, -0.15) is 22.5 Å². The first-order valence-electron chi connectivity index (χ1n) is 9.66. The molecular formula is C20H21FN6O4S. The van der Waals surface area contributed by atoms with E-state index in [1.807, 2.05) is 12.1 Å². The highest BCUT2D eigenvalue weighted by molar-refractivity contribution is 7.87. The van der Waals surface area contributed by atoms with Gasteiger partial charge < -0.3 is 4.74 Å². The average Bonchev–Trinajstić information content (AvgIpc) is 3.40. The summed E-state index contributed by atoms with van der Waals surface area (Å²) in [5, 5.41) is 4.20. The van der Waals surface area contributed by atoms with Crippen LogP contribution in [0.3, 0.4) is 0 Å². The number of aromatic nitrogens is 3. The summed E-state index contributed by atoms with van der Waals surface area (Å²) in [4.78, 5) is 17.7. The van der Waals surface area contributed by atoms with Gasteiger partial charge in [-0.3, -0.25) is 9.88 Å². The van der Waals surface area contributed by atoms with Crippen LogP contribution in [0.2, 0.25) is 0 Å². The zero-order valence-electron chi connectivity index (χ0n) is 17.3. The van der Waals surface area contributed by atoms with Crippen molar-refractivity contribution in [1.29, 1.82) is 0 Å². The summed E-state index contributed by atoms with van der Waals surface area (Å²) in [6.07, 6.45) is 3.54. The molecule has 0 radical (unpaired) electrons. The van der Waals surface area contributed by atoms with Gasteiger partial charge in [0.1, 0.15) is 11.8 Å². The maximum atomic E-state index is 14.9. The quantitative estimate of drug-likeness (QED) is 0.576. The highest BCUT2D eigenvalue weighted by Crippen LogP contribution is 2.26. The topological polar surface area (TPSA) is 110 Å². The molecule has 12 heteroatoms. The van der Waals surface area contributed by atoms with E-state index in [1.165, 1.54) is 35.8 Å². The second-order valence-electron chi connectivity index (χ2n) is 7.28. The van der Waals surface area contributed by atoms with Crippen molar-refractivity contribution in [2.45, 2.75) is 6.10 Å². The number of hydrogen-bond donors (Lipinski definition) is 1. The summed E-state index contributed by atoms with van der Waals surface area (Å²) in [6.45, 7) is -0.00787. The number of cyclic esters (lactones) is 1. The molecule has 4 rings (SSSR count). The first-order chi connectivity index (χ1) is 15.2. The normalized spacial score (nSPS) is 16.6. The number of halogens is 1. The second-order valence-corrected chi connectivity index (χ2v) is 9.25. The van der Waals surface area contributed by atoms with Crippen LogP contribution in [0, 0.1) is 5.82 Å². The Balaban J connectivity index is 1.48. The summed E-state index contributed by atoms with van der Waals surface area (Å²) in [5.41, 5.74) is 1.96. The van der Waals surface area contributed by atoms with E-state index >= 15 is 0 Å². The molecule has 32 heavy (non-hydrogen) atoms. The number of rotatable bonds is 7. The standard InChI is InChI=1S/C20H21FN6O4S/c1-25(2)32(29,30)24-11-16-13-26(20(28)31-16)15-6-7-19(17(21)9-15)27-12-14(10-23-27)18-5-3-4-8-22-18/h3-10,12,16,24H,11,13H2,1-2H3/t16-/m0/s1. The summed E-state index contributed by atoms with van der Waals surface area (Å²) in [7, 11) is -0.872. The fourth-order valence-corrected chi connectivity index (χ4v) is 3.79. The number of amides is 1. The number of carbonyl (C=O) groups excluding carboxylic acids is 1. The van der Waals surface area contributed by atoms with Crippen molar-refractivity contribution in [3.05, 3.63) is 60.8 Å². The molecule has 0 bridgehead atoms. The average molecular weight is 460 g/mol. The van der Waals surface area contributed by atoms with E-state index in [0.717, 1.165) is 9.87 Å². The van der Waals surface area contributed by atoms with Gasteiger partial charge >= 0.3 is 6.09 Å². The zero-order chi connectivity index (χ0) is 22.9. The lowest BCUT2D eigenvalue weighted by molar-refractivity contribution is 0.143. The van der Waals surface area contributed by atoms with E-state index in [2.05, 4.69) is 14.8 Å². The Morgan fingerprint density at radius 3 is 2.78 bits per heavy atom. The molecule has 1 atom stereocenters. The minimum absolute atomic E-state index is 0.0825. The fourth-order valence-electron chi connectivity index (χ4n) is 3.14. The minimum atomic E-state index is -3.65. The Bertz CT molecular complexity index is 1230. The molecule has 1 aliphatic heterocycles. The molecule has 1 aliphatic rings. The van der Waals surface area contributed by atoms with Gasteiger partial charge in [0.05, 0.1) is 30.7 Å². The number of pyridine rings is 1. The molecule has 0 unspecified atom stereocenters. The van der Waals surface area contributed by atoms with Gasteiger partial charge in [-0.1, -0.05) is 6.07 Å². The van der Waals surface area contributed by atoms with Crippen LogP contribution in [0.15, 0.2) is 55.0 Å². The molecule has 1 amide bonds. The molecule has 10 nitrogen and oxygen atoms in total.